The quantitative estimate of drug-likeness (QED) is 0.352. The number of nitrogens with one attached hydrogen (secondary N) is 2. The number of nitrogens with two attached hydrogens (primary N) is 2. The number of nitrogens with zero attached hydrogens (tertiary/aromatic N) is 2. The number of hydrogen-bond acceptors (Lipinski definition) is 6. The average Bonchev–Trinajstić information content (AvgIpc) is 3.29. The van der Waals surface area contributed by atoms with Crippen LogP contribution in [0, 0.1) is 29.5 Å². The normalized spacial score (nSPS) is 26.1. The number of anilines is 3. The molecule has 1 aromatic heterocycles. The summed E-state index contributed by atoms with van der Waals surface area (Å²) in [6.45, 7) is 0. The van der Waals surface area contributed by atoms with E-state index in [1.807, 2.05) is 0 Å². The van der Waals surface area contributed by atoms with Crippen molar-refractivity contribution in [2.75, 3.05) is 16.4 Å². The predicted octanol–water partition coefficient (Wildman–Crippen LogP) is 3.20. The van der Waals surface area contributed by atoms with Crippen LogP contribution in [0.15, 0.2) is 30.5 Å². The van der Waals surface area contributed by atoms with Crippen LogP contribution in [-0.4, -0.2) is 27.8 Å². The van der Waals surface area contributed by atoms with Gasteiger partial charge in [0.15, 0.2) is 11.6 Å². The summed E-state index contributed by atoms with van der Waals surface area (Å²) in [6.07, 6.45) is 4.65. The minimum Gasteiger partial charge on any atom is -0.399 e. The zero-order valence-electron chi connectivity index (χ0n) is 17.4. The van der Waals surface area contributed by atoms with E-state index in [9.17, 15) is 14.0 Å². The van der Waals surface area contributed by atoms with Crippen molar-refractivity contribution in [2.24, 2.45) is 29.4 Å². The van der Waals surface area contributed by atoms with Gasteiger partial charge in [0.2, 0.25) is 17.1 Å². The number of amides is 2. The van der Waals surface area contributed by atoms with Crippen molar-refractivity contribution >= 4 is 40.6 Å². The van der Waals surface area contributed by atoms with Gasteiger partial charge in [0.1, 0.15) is 0 Å². The Bertz CT molecular complexity index is 1020. The molecule has 0 aliphatic heterocycles. The van der Waals surface area contributed by atoms with Crippen molar-refractivity contribution < 1.29 is 14.0 Å². The molecule has 8 nitrogen and oxygen atoms in total. The molecular formula is C22H26ClFN6O2. The van der Waals surface area contributed by atoms with E-state index < -0.39 is 17.6 Å². The molecule has 2 aliphatic rings. The number of nitrogen functional groups attached to an aromatic ring is 1. The summed E-state index contributed by atoms with van der Waals surface area (Å²) in [5.41, 5.74) is 12.7. The molecule has 2 bridgehead atoms. The second-order valence-corrected chi connectivity index (χ2v) is 8.99. The van der Waals surface area contributed by atoms with Crippen molar-refractivity contribution in [3.63, 3.8) is 0 Å². The van der Waals surface area contributed by atoms with Crippen molar-refractivity contribution in [3.05, 3.63) is 41.6 Å². The molecule has 2 aliphatic carbocycles. The number of rotatable bonds is 8. The molecule has 2 amide bonds. The minimum absolute atomic E-state index is 0.0194. The van der Waals surface area contributed by atoms with Gasteiger partial charge >= 0.3 is 0 Å². The number of aromatic nitrogens is 2. The first-order valence-electron chi connectivity index (χ1n) is 10.7. The van der Waals surface area contributed by atoms with E-state index in [4.69, 9.17) is 23.1 Å². The van der Waals surface area contributed by atoms with E-state index in [0.29, 0.717) is 30.1 Å². The highest BCUT2D eigenvalue weighted by molar-refractivity contribution is 6.28. The molecule has 0 unspecified atom stereocenters. The van der Waals surface area contributed by atoms with Crippen LogP contribution in [0.1, 0.15) is 32.1 Å². The Labute approximate surface area is 190 Å². The number of primary amides is 1. The molecule has 2 fully saturated rings. The summed E-state index contributed by atoms with van der Waals surface area (Å²) in [5.74, 6) is -0.908. The van der Waals surface area contributed by atoms with Gasteiger partial charge < -0.3 is 22.1 Å². The molecule has 0 spiro atoms. The van der Waals surface area contributed by atoms with E-state index in [1.54, 1.807) is 24.3 Å². The molecular weight excluding hydrogens is 435 g/mol. The molecule has 4 rings (SSSR count). The largest absolute Gasteiger partial charge is 0.399 e. The maximum atomic E-state index is 14.2. The Morgan fingerprint density at radius 3 is 2.84 bits per heavy atom. The fourth-order valence-corrected chi connectivity index (χ4v) is 5.54. The van der Waals surface area contributed by atoms with Gasteiger partial charge in [-0.15, -0.1) is 0 Å². The van der Waals surface area contributed by atoms with Crippen LogP contribution in [0.2, 0.25) is 5.28 Å². The lowest BCUT2D eigenvalue weighted by Gasteiger charge is -2.35. The van der Waals surface area contributed by atoms with Crippen LogP contribution in [0.3, 0.4) is 0 Å². The van der Waals surface area contributed by atoms with Gasteiger partial charge in [-0.05, 0) is 73.2 Å². The first kappa shape index (κ1) is 22.3. The summed E-state index contributed by atoms with van der Waals surface area (Å²) in [5, 5.41) is 5.86. The molecule has 10 heteroatoms. The lowest BCUT2D eigenvalue weighted by molar-refractivity contribution is -0.123. The van der Waals surface area contributed by atoms with Crippen molar-refractivity contribution in [1.82, 2.24) is 9.97 Å². The van der Waals surface area contributed by atoms with Gasteiger partial charge in [-0.2, -0.15) is 4.98 Å². The lowest BCUT2D eigenvalue weighted by Crippen LogP contribution is -2.45. The number of carbonyl (C=O) groups is 2. The summed E-state index contributed by atoms with van der Waals surface area (Å²) in [7, 11) is 0. The van der Waals surface area contributed by atoms with Gasteiger partial charge in [-0.25, -0.2) is 9.37 Å². The summed E-state index contributed by atoms with van der Waals surface area (Å²) >= 11 is 5.81. The molecule has 0 radical (unpaired) electrons. The molecule has 5 atom stereocenters. The van der Waals surface area contributed by atoms with Gasteiger partial charge in [0.25, 0.3) is 0 Å². The van der Waals surface area contributed by atoms with E-state index in [0.717, 1.165) is 25.5 Å². The fourth-order valence-electron chi connectivity index (χ4n) is 5.40. The standard InChI is InChI=1S/C22H26ClFN6O2/c23-22-27-10-16(24)21(30-22)29-19-15-8-12(18(19)20(26)32)7-11(15)3-1-6-17(31)28-14-5-2-4-13(25)9-14/h2,4-5,9-12,15,18-19H,1,3,6-8,25H2,(H2,26,32)(H,28,31)(H,27,29,30)/t11-,12+,15-,18+,19-/m1/s1. The SMILES string of the molecule is NC(=O)[C@H]1[C@H]2C[C@@H](CCCC(=O)Nc3cccc(N)c3)[C@@H](C2)[C@H]1Nc1nc(Cl)ncc1F. The van der Waals surface area contributed by atoms with Crippen LogP contribution in [0.5, 0.6) is 0 Å². The van der Waals surface area contributed by atoms with E-state index in [1.165, 1.54) is 0 Å². The van der Waals surface area contributed by atoms with Crippen molar-refractivity contribution in [2.45, 2.75) is 38.1 Å². The second kappa shape index (κ2) is 9.28. The Balaban J connectivity index is 1.36. The monoisotopic (exact) mass is 460 g/mol. The number of benzene rings is 1. The second-order valence-electron chi connectivity index (χ2n) is 8.66. The van der Waals surface area contributed by atoms with Crippen LogP contribution in [-0.2, 0) is 9.59 Å². The third kappa shape index (κ3) is 4.77. The molecule has 0 saturated heterocycles. The highest BCUT2D eigenvalue weighted by atomic mass is 35.5. The third-order valence-corrected chi connectivity index (χ3v) is 6.82. The van der Waals surface area contributed by atoms with E-state index in [-0.39, 0.29) is 34.9 Å². The van der Waals surface area contributed by atoms with Crippen LogP contribution < -0.4 is 22.1 Å². The zero-order valence-corrected chi connectivity index (χ0v) is 18.2. The van der Waals surface area contributed by atoms with Gasteiger partial charge in [-0.1, -0.05) is 6.07 Å². The van der Waals surface area contributed by atoms with Crippen molar-refractivity contribution in [1.29, 1.82) is 0 Å². The molecule has 2 saturated carbocycles. The number of halogens is 2. The van der Waals surface area contributed by atoms with Crippen LogP contribution >= 0.6 is 11.6 Å². The zero-order chi connectivity index (χ0) is 22.8. The Morgan fingerprint density at radius 1 is 1.28 bits per heavy atom. The smallest absolute Gasteiger partial charge is 0.224 e. The molecule has 6 N–H and O–H groups in total. The Kier molecular flexibility index (Phi) is 6.45. The van der Waals surface area contributed by atoms with Gasteiger partial charge in [-0.3, -0.25) is 9.59 Å². The first-order chi connectivity index (χ1) is 15.3. The number of hydrogen-bond donors (Lipinski definition) is 4. The van der Waals surface area contributed by atoms with Crippen molar-refractivity contribution in [3.8, 4) is 0 Å². The topological polar surface area (TPSA) is 136 Å². The summed E-state index contributed by atoms with van der Waals surface area (Å²) in [4.78, 5) is 31.9. The summed E-state index contributed by atoms with van der Waals surface area (Å²) < 4.78 is 14.2. The van der Waals surface area contributed by atoms with Crippen LogP contribution in [0.4, 0.5) is 21.6 Å². The predicted molar refractivity (Wildman–Crippen MR) is 120 cm³/mol. The highest BCUT2D eigenvalue weighted by Crippen LogP contribution is 2.54. The Hall–Kier alpha value is -2.94. The van der Waals surface area contributed by atoms with Gasteiger partial charge in [0.05, 0.1) is 12.1 Å². The van der Waals surface area contributed by atoms with Crippen LogP contribution in [0.25, 0.3) is 0 Å². The maximum absolute atomic E-state index is 14.2. The van der Waals surface area contributed by atoms with E-state index >= 15 is 0 Å². The molecule has 170 valence electrons. The number of carbonyl (C=O) groups excluding carboxylic acids is 2. The Morgan fingerprint density at radius 2 is 2.09 bits per heavy atom. The lowest BCUT2D eigenvalue weighted by atomic mass is 9.76. The fraction of sp³-hybridized carbons (Fsp3) is 0.455. The highest BCUT2D eigenvalue weighted by Gasteiger charge is 2.54. The number of fused-ring (bicyclic) bond motifs is 2. The molecule has 2 aromatic rings. The summed E-state index contributed by atoms with van der Waals surface area (Å²) in [6, 6.07) is 6.74. The molecule has 1 heterocycles. The molecule has 1 aromatic carbocycles. The van der Waals surface area contributed by atoms with E-state index in [2.05, 4.69) is 20.6 Å². The third-order valence-electron chi connectivity index (χ3n) is 6.64. The minimum atomic E-state index is -0.629. The molecule has 32 heavy (non-hydrogen) atoms. The first-order valence-corrected chi connectivity index (χ1v) is 11.1. The average molecular weight is 461 g/mol. The maximum Gasteiger partial charge on any atom is 0.224 e. The van der Waals surface area contributed by atoms with Gasteiger partial charge in [0, 0.05) is 23.8 Å².